The van der Waals surface area contributed by atoms with Crippen LogP contribution in [0.15, 0.2) is 47.6 Å². The van der Waals surface area contributed by atoms with Gasteiger partial charge in [-0.3, -0.25) is 5.43 Å². The van der Waals surface area contributed by atoms with Gasteiger partial charge in [-0.25, -0.2) is 0 Å². The molecule has 0 unspecified atom stereocenters. The summed E-state index contributed by atoms with van der Waals surface area (Å²) in [7, 11) is 0. The smallest absolute Gasteiger partial charge is 0.158 e. The third kappa shape index (κ3) is 3.15. The Labute approximate surface area is 109 Å². The van der Waals surface area contributed by atoms with Gasteiger partial charge in [0.1, 0.15) is 0 Å². The predicted molar refractivity (Wildman–Crippen MR) is 72.4 cm³/mol. The largest absolute Gasteiger partial charge is 0.504 e. The van der Waals surface area contributed by atoms with Crippen molar-refractivity contribution >= 4 is 23.5 Å². The van der Waals surface area contributed by atoms with Crippen LogP contribution in [-0.2, 0) is 0 Å². The number of rotatable bonds is 3. The first-order valence-electron chi connectivity index (χ1n) is 5.22. The molecule has 0 aliphatic heterocycles. The fourth-order valence-electron chi connectivity index (χ4n) is 1.36. The summed E-state index contributed by atoms with van der Waals surface area (Å²) in [5.41, 5.74) is 4.24. The second kappa shape index (κ2) is 5.42. The lowest BCUT2D eigenvalue weighted by atomic mass is 10.2. The maximum atomic E-state index is 9.30. The van der Waals surface area contributed by atoms with E-state index in [2.05, 4.69) is 10.5 Å². The molecule has 0 heterocycles. The molecule has 0 aliphatic carbocycles. The van der Waals surface area contributed by atoms with Crippen molar-refractivity contribution in [3.63, 3.8) is 0 Å². The van der Waals surface area contributed by atoms with Crippen molar-refractivity contribution < 1.29 is 10.2 Å². The van der Waals surface area contributed by atoms with Gasteiger partial charge >= 0.3 is 0 Å². The van der Waals surface area contributed by atoms with Crippen LogP contribution in [-0.4, -0.2) is 16.4 Å². The summed E-state index contributed by atoms with van der Waals surface area (Å²) in [6.45, 7) is 0. The SMILES string of the molecule is Oc1ccc(/C=N/Nc2cccc(Cl)c2)cc1O. The van der Waals surface area contributed by atoms with Crippen molar-refractivity contribution in [2.24, 2.45) is 5.10 Å². The summed E-state index contributed by atoms with van der Waals surface area (Å²) in [4.78, 5) is 0. The molecule has 0 atom stereocenters. The Morgan fingerprint density at radius 1 is 1.06 bits per heavy atom. The molecule has 2 rings (SSSR count). The zero-order chi connectivity index (χ0) is 13.0. The molecule has 0 aromatic heterocycles. The first-order valence-corrected chi connectivity index (χ1v) is 5.59. The second-order valence-corrected chi connectivity index (χ2v) is 4.06. The molecular weight excluding hydrogens is 252 g/mol. The zero-order valence-electron chi connectivity index (χ0n) is 9.34. The second-order valence-electron chi connectivity index (χ2n) is 3.63. The average molecular weight is 263 g/mol. The molecule has 3 N–H and O–H groups in total. The molecule has 18 heavy (non-hydrogen) atoms. The molecule has 0 fully saturated rings. The van der Waals surface area contributed by atoms with E-state index >= 15 is 0 Å². The van der Waals surface area contributed by atoms with E-state index in [0.29, 0.717) is 10.6 Å². The van der Waals surface area contributed by atoms with Crippen LogP contribution in [0.4, 0.5) is 5.69 Å². The molecule has 0 bridgehead atoms. The van der Waals surface area contributed by atoms with Crippen molar-refractivity contribution in [3.05, 3.63) is 53.1 Å². The normalized spacial score (nSPS) is 10.7. The molecule has 0 spiro atoms. The molecule has 92 valence electrons. The predicted octanol–water partition coefficient (Wildman–Crippen LogP) is 3.20. The van der Waals surface area contributed by atoms with E-state index in [1.165, 1.54) is 18.3 Å². The van der Waals surface area contributed by atoms with E-state index < -0.39 is 0 Å². The zero-order valence-corrected chi connectivity index (χ0v) is 10.1. The number of phenols is 2. The number of hydrazone groups is 1. The van der Waals surface area contributed by atoms with Gasteiger partial charge in [-0.2, -0.15) is 5.10 Å². The molecular formula is C13H11ClN2O2. The molecule has 0 radical (unpaired) electrons. The highest BCUT2D eigenvalue weighted by atomic mass is 35.5. The maximum absolute atomic E-state index is 9.30. The maximum Gasteiger partial charge on any atom is 0.158 e. The average Bonchev–Trinajstić information content (AvgIpc) is 2.34. The van der Waals surface area contributed by atoms with Gasteiger partial charge in [0.25, 0.3) is 0 Å². The lowest BCUT2D eigenvalue weighted by Crippen LogP contribution is -1.90. The summed E-state index contributed by atoms with van der Waals surface area (Å²) in [6, 6.07) is 11.6. The molecule has 0 aliphatic rings. The van der Waals surface area contributed by atoms with Gasteiger partial charge in [0.05, 0.1) is 11.9 Å². The van der Waals surface area contributed by atoms with E-state index in [-0.39, 0.29) is 11.5 Å². The standard InChI is InChI=1S/C13H11ClN2O2/c14-10-2-1-3-11(7-10)16-15-8-9-4-5-12(17)13(18)6-9/h1-8,16-18H/b15-8+. The number of halogens is 1. The monoisotopic (exact) mass is 262 g/mol. The molecule has 0 saturated heterocycles. The summed E-state index contributed by atoms with van der Waals surface area (Å²) in [5.74, 6) is -0.336. The van der Waals surface area contributed by atoms with Crippen LogP contribution in [0.5, 0.6) is 11.5 Å². The molecule has 4 nitrogen and oxygen atoms in total. The van der Waals surface area contributed by atoms with E-state index in [1.54, 1.807) is 18.2 Å². The molecule has 5 heteroatoms. The Balaban J connectivity index is 2.05. The van der Waals surface area contributed by atoms with Crippen molar-refractivity contribution in [2.45, 2.75) is 0 Å². The van der Waals surface area contributed by atoms with Crippen LogP contribution in [0.25, 0.3) is 0 Å². The van der Waals surface area contributed by atoms with Gasteiger partial charge in [0.15, 0.2) is 11.5 Å². The molecule has 2 aromatic rings. The van der Waals surface area contributed by atoms with E-state index in [9.17, 15) is 5.11 Å². The van der Waals surface area contributed by atoms with Gasteiger partial charge in [-0.15, -0.1) is 0 Å². The Kier molecular flexibility index (Phi) is 3.69. The minimum Gasteiger partial charge on any atom is -0.504 e. The van der Waals surface area contributed by atoms with E-state index in [0.717, 1.165) is 5.69 Å². The highest BCUT2D eigenvalue weighted by molar-refractivity contribution is 6.30. The molecule has 2 aromatic carbocycles. The van der Waals surface area contributed by atoms with Crippen molar-refractivity contribution in [2.75, 3.05) is 5.43 Å². The lowest BCUT2D eigenvalue weighted by Gasteiger charge is -2.01. The number of hydrogen-bond donors (Lipinski definition) is 3. The first kappa shape index (κ1) is 12.3. The van der Waals surface area contributed by atoms with Gasteiger partial charge in [-0.1, -0.05) is 17.7 Å². The van der Waals surface area contributed by atoms with Crippen molar-refractivity contribution in [1.82, 2.24) is 0 Å². The van der Waals surface area contributed by atoms with Gasteiger partial charge < -0.3 is 10.2 Å². The van der Waals surface area contributed by atoms with Crippen LogP contribution in [0.3, 0.4) is 0 Å². The Bertz CT molecular complexity index is 585. The number of phenolic OH excluding ortho intramolecular Hbond substituents is 2. The number of nitrogens with one attached hydrogen (secondary N) is 1. The minimum atomic E-state index is -0.179. The Morgan fingerprint density at radius 2 is 1.89 bits per heavy atom. The highest BCUT2D eigenvalue weighted by Gasteiger charge is 1.98. The van der Waals surface area contributed by atoms with Crippen LogP contribution >= 0.6 is 11.6 Å². The third-order valence-electron chi connectivity index (χ3n) is 2.23. The van der Waals surface area contributed by atoms with E-state index in [1.807, 2.05) is 12.1 Å². The van der Waals surface area contributed by atoms with Gasteiger partial charge in [-0.05, 0) is 42.0 Å². The number of nitrogens with zero attached hydrogens (tertiary/aromatic N) is 1. The Morgan fingerprint density at radius 3 is 2.61 bits per heavy atom. The fraction of sp³-hybridized carbons (Fsp3) is 0. The number of benzene rings is 2. The summed E-state index contributed by atoms with van der Waals surface area (Å²) >= 11 is 5.83. The van der Waals surface area contributed by atoms with Crippen molar-refractivity contribution in [1.29, 1.82) is 0 Å². The number of aromatic hydroxyl groups is 2. The van der Waals surface area contributed by atoms with Gasteiger partial charge in [0, 0.05) is 5.02 Å². The fourth-order valence-corrected chi connectivity index (χ4v) is 1.55. The van der Waals surface area contributed by atoms with Crippen molar-refractivity contribution in [3.8, 4) is 11.5 Å². The Hall–Kier alpha value is -2.20. The minimum absolute atomic E-state index is 0.157. The van der Waals surface area contributed by atoms with Crippen LogP contribution < -0.4 is 5.43 Å². The van der Waals surface area contributed by atoms with Crippen LogP contribution in [0.2, 0.25) is 5.02 Å². The van der Waals surface area contributed by atoms with Gasteiger partial charge in [0.2, 0.25) is 0 Å². The quantitative estimate of drug-likeness (QED) is 0.452. The number of anilines is 1. The van der Waals surface area contributed by atoms with Crippen LogP contribution in [0.1, 0.15) is 5.56 Å². The third-order valence-corrected chi connectivity index (χ3v) is 2.47. The highest BCUT2D eigenvalue weighted by Crippen LogP contribution is 2.24. The summed E-state index contributed by atoms with van der Waals surface area (Å²) in [5, 5.41) is 23.1. The molecule has 0 amide bonds. The first-order chi connectivity index (χ1) is 8.65. The molecule has 0 saturated carbocycles. The van der Waals surface area contributed by atoms with Crippen LogP contribution in [0, 0.1) is 0 Å². The number of hydrogen-bond acceptors (Lipinski definition) is 4. The summed E-state index contributed by atoms with van der Waals surface area (Å²) < 4.78 is 0. The lowest BCUT2D eigenvalue weighted by molar-refractivity contribution is 0.403. The van der Waals surface area contributed by atoms with E-state index in [4.69, 9.17) is 16.7 Å². The summed E-state index contributed by atoms with van der Waals surface area (Å²) in [6.07, 6.45) is 1.53. The topological polar surface area (TPSA) is 64.9 Å².